The second-order valence-electron chi connectivity index (χ2n) is 7.85. The molecule has 1 atom stereocenters. The molecule has 0 bridgehead atoms. The van der Waals surface area contributed by atoms with E-state index in [9.17, 15) is 14.4 Å². The van der Waals surface area contributed by atoms with Gasteiger partial charge in [0.15, 0.2) is 0 Å². The minimum atomic E-state index is -0.843. The third-order valence-electron chi connectivity index (χ3n) is 5.52. The summed E-state index contributed by atoms with van der Waals surface area (Å²) in [6.07, 6.45) is 1.95. The number of amides is 4. The summed E-state index contributed by atoms with van der Waals surface area (Å²) in [7, 11) is 1.68. The Morgan fingerprint density at radius 2 is 1.85 bits per heavy atom. The van der Waals surface area contributed by atoms with Crippen molar-refractivity contribution in [2.75, 3.05) is 39.9 Å². The van der Waals surface area contributed by atoms with Crippen molar-refractivity contribution in [2.45, 2.75) is 51.6 Å². The first-order valence-electron chi connectivity index (χ1n) is 9.37. The van der Waals surface area contributed by atoms with Gasteiger partial charge in [0.05, 0.1) is 6.61 Å². The van der Waals surface area contributed by atoms with Crippen LogP contribution in [0.4, 0.5) is 4.79 Å². The van der Waals surface area contributed by atoms with Crippen molar-refractivity contribution in [1.82, 2.24) is 14.7 Å². The predicted octanol–water partition coefficient (Wildman–Crippen LogP) is 0.652. The molecular formula is C18H32N4O4. The lowest BCUT2D eigenvalue weighted by Crippen LogP contribution is -2.58. The molecule has 2 heterocycles. The monoisotopic (exact) mass is 368 g/mol. The van der Waals surface area contributed by atoms with Crippen LogP contribution in [0.1, 0.15) is 40.0 Å². The fraction of sp³-hybridized carbons (Fsp3) is 0.833. The van der Waals surface area contributed by atoms with E-state index in [1.165, 1.54) is 0 Å². The molecule has 0 aromatic carbocycles. The standard InChI is InChI=1S/C18H32N4O4/c1-13(2)5-8-22-17(25)21(11-15(19)23)16(24)18(22)6-9-20(10-7-18)14(3)12-26-4/h13-14H,5-12H2,1-4H3,(H2,19,23). The number of primary amides is 1. The molecule has 2 aliphatic rings. The average Bonchev–Trinajstić information content (AvgIpc) is 2.75. The van der Waals surface area contributed by atoms with Crippen molar-refractivity contribution >= 4 is 17.8 Å². The van der Waals surface area contributed by atoms with E-state index in [4.69, 9.17) is 10.5 Å². The predicted molar refractivity (Wildman–Crippen MR) is 97.3 cm³/mol. The Hall–Kier alpha value is -1.67. The van der Waals surface area contributed by atoms with Crippen molar-refractivity contribution in [1.29, 1.82) is 0 Å². The number of imide groups is 1. The van der Waals surface area contributed by atoms with Crippen LogP contribution in [0.2, 0.25) is 0 Å². The SMILES string of the molecule is COCC(C)N1CCC2(CC1)C(=O)N(CC(N)=O)C(=O)N2CCC(C)C. The topological polar surface area (TPSA) is 96.2 Å². The van der Waals surface area contributed by atoms with Gasteiger partial charge in [-0.1, -0.05) is 13.8 Å². The van der Waals surface area contributed by atoms with Gasteiger partial charge in [0.2, 0.25) is 5.91 Å². The Morgan fingerprint density at radius 1 is 1.23 bits per heavy atom. The van der Waals surface area contributed by atoms with E-state index < -0.39 is 11.4 Å². The first kappa shape index (κ1) is 20.6. The molecule has 1 spiro atoms. The molecule has 2 aliphatic heterocycles. The molecule has 0 aliphatic carbocycles. The zero-order chi connectivity index (χ0) is 19.5. The third-order valence-corrected chi connectivity index (χ3v) is 5.52. The van der Waals surface area contributed by atoms with Gasteiger partial charge >= 0.3 is 6.03 Å². The lowest BCUT2D eigenvalue weighted by Gasteiger charge is -2.44. The largest absolute Gasteiger partial charge is 0.383 e. The number of nitrogens with two attached hydrogens (primary N) is 1. The molecule has 2 rings (SSSR count). The van der Waals surface area contributed by atoms with Crippen molar-refractivity contribution < 1.29 is 19.1 Å². The van der Waals surface area contributed by atoms with Gasteiger partial charge < -0.3 is 15.4 Å². The lowest BCUT2D eigenvalue weighted by atomic mass is 9.85. The molecular weight excluding hydrogens is 336 g/mol. The lowest BCUT2D eigenvalue weighted by molar-refractivity contribution is -0.138. The molecule has 4 amide bonds. The molecule has 2 saturated heterocycles. The number of hydrogen-bond donors (Lipinski definition) is 1. The molecule has 8 nitrogen and oxygen atoms in total. The third kappa shape index (κ3) is 4.01. The summed E-state index contributed by atoms with van der Waals surface area (Å²) >= 11 is 0. The number of carbonyl (C=O) groups excluding carboxylic acids is 3. The fourth-order valence-electron chi connectivity index (χ4n) is 3.94. The van der Waals surface area contributed by atoms with Crippen LogP contribution in [0.15, 0.2) is 0 Å². The van der Waals surface area contributed by atoms with Gasteiger partial charge in [0.1, 0.15) is 12.1 Å². The molecule has 148 valence electrons. The van der Waals surface area contributed by atoms with Crippen LogP contribution in [0.5, 0.6) is 0 Å². The van der Waals surface area contributed by atoms with Gasteiger partial charge in [-0.25, -0.2) is 4.79 Å². The van der Waals surface area contributed by atoms with Crippen molar-refractivity contribution in [3.05, 3.63) is 0 Å². The van der Waals surface area contributed by atoms with Crippen LogP contribution in [-0.2, 0) is 14.3 Å². The van der Waals surface area contributed by atoms with Gasteiger partial charge in [-0.05, 0) is 32.1 Å². The average molecular weight is 368 g/mol. The van der Waals surface area contributed by atoms with Crippen molar-refractivity contribution in [2.24, 2.45) is 11.7 Å². The fourth-order valence-corrected chi connectivity index (χ4v) is 3.94. The Labute approximate surface area is 155 Å². The van der Waals surface area contributed by atoms with Crippen LogP contribution < -0.4 is 5.73 Å². The number of rotatable bonds is 8. The van der Waals surface area contributed by atoms with Crippen molar-refractivity contribution in [3.63, 3.8) is 0 Å². The number of likely N-dealkylation sites (tertiary alicyclic amines) is 1. The summed E-state index contributed by atoms with van der Waals surface area (Å²) in [6, 6.07) is -0.122. The number of nitrogens with zero attached hydrogens (tertiary/aromatic N) is 3. The molecule has 2 N–H and O–H groups in total. The smallest absolute Gasteiger partial charge is 0.328 e. The summed E-state index contributed by atoms with van der Waals surface area (Å²) in [5.74, 6) is -0.523. The molecule has 2 fully saturated rings. The minimum absolute atomic E-state index is 0.260. The maximum Gasteiger partial charge on any atom is 0.328 e. The second kappa shape index (κ2) is 8.35. The molecule has 0 aromatic rings. The van der Waals surface area contributed by atoms with Crippen LogP contribution in [0, 0.1) is 5.92 Å². The highest BCUT2D eigenvalue weighted by molar-refractivity contribution is 6.09. The summed E-state index contributed by atoms with van der Waals surface area (Å²) in [6.45, 7) is 8.51. The Bertz CT molecular complexity index is 543. The van der Waals surface area contributed by atoms with E-state index in [1.54, 1.807) is 12.0 Å². The van der Waals surface area contributed by atoms with Gasteiger partial charge in [-0.3, -0.25) is 19.4 Å². The van der Waals surface area contributed by atoms with Crippen LogP contribution >= 0.6 is 0 Å². The highest BCUT2D eigenvalue weighted by Gasteiger charge is 2.58. The number of hydrogen-bond acceptors (Lipinski definition) is 5. The quantitative estimate of drug-likeness (QED) is 0.635. The van der Waals surface area contributed by atoms with Gasteiger partial charge in [0, 0.05) is 32.8 Å². The molecule has 0 radical (unpaired) electrons. The highest BCUT2D eigenvalue weighted by atomic mass is 16.5. The summed E-state index contributed by atoms with van der Waals surface area (Å²) in [5, 5.41) is 0. The Morgan fingerprint density at radius 3 is 2.35 bits per heavy atom. The second-order valence-corrected chi connectivity index (χ2v) is 7.85. The van der Waals surface area contributed by atoms with Crippen LogP contribution in [0.3, 0.4) is 0 Å². The highest BCUT2D eigenvalue weighted by Crippen LogP contribution is 2.38. The van der Waals surface area contributed by atoms with Gasteiger partial charge in [-0.15, -0.1) is 0 Å². The first-order valence-corrected chi connectivity index (χ1v) is 9.37. The molecule has 0 saturated carbocycles. The summed E-state index contributed by atoms with van der Waals surface area (Å²) in [5.41, 5.74) is 4.41. The van der Waals surface area contributed by atoms with Crippen molar-refractivity contribution in [3.8, 4) is 0 Å². The maximum atomic E-state index is 13.1. The van der Waals surface area contributed by atoms with E-state index in [1.807, 2.05) is 0 Å². The number of urea groups is 1. The van der Waals surface area contributed by atoms with E-state index >= 15 is 0 Å². The molecule has 8 heteroatoms. The summed E-state index contributed by atoms with van der Waals surface area (Å²) in [4.78, 5) is 42.3. The minimum Gasteiger partial charge on any atom is -0.383 e. The molecule has 0 aromatic heterocycles. The number of ether oxygens (including phenoxy) is 1. The molecule has 1 unspecified atom stereocenters. The van der Waals surface area contributed by atoms with Crippen LogP contribution in [0.25, 0.3) is 0 Å². The van der Waals surface area contributed by atoms with E-state index in [-0.39, 0.29) is 24.5 Å². The molecule has 26 heavy (non-hydrogen) atoms. The van der Waals surface area contributed by atoms with Gasteiger partial charge in [-0.2, -0.15) is 0 Å². The maximum absolute atomic E-state index is 13.1. The normalized spacial score (nSPS) is 21.9. The number of piperidine rings is 1. The van der Waals surface area contributed by atoms with E-state index in [2.05, 4.69) is 25.7 Å². The Balaban J connectivity index is 2.20. The summed E-state index contributed by atoms with van der Waals surface area (Å²) < 4.78 is 5.23. The first-order chi connectivity index (χ1) is 12.2. The van der Waals surface area contributed by atoms with Gasteiger partial charge in [0.25, 0.3) is 5.91 Å². The number of methoxy groups -OCH3 is 1. The van der Waals surface area contributed by atoms with E-state index in [0.29, 0.717) is 45.0 Å². The Kier molecular flexibility index (Phi) is 6.63. The zero-order valence-electron chi connectivity index (χ0n) is 16.4. The van der Waals surface area contributed by atoms with E-state index in [0.717, 1.165) is 11.3 Å². The number of carbonyl (C=O) groups is 3. The van der Waals surface area contributed by atoms with Crippen LogP contribution in [-0.4, -0.2) is 84.0 Å². The zero-order valence-corrected chi connectivity index (χ0v) is 16.4.